The molecule has 0 unspecified atom stereocenters. The van der Waals surface area contributed by atoms with Crippen LogP contribution in [0.15, 0.2) is 0 Å². The predicted molar refractivity (Wildman–Crippen MR) is 62.1 cm³/mol. The van der Waals surface area contributed by atoms with Crippen molar-refractivity contribution >= 4 is 11.9 Å². The molecule has 1 saturated heterocycles. The fraction of sp³-hybridized carbons (Fsp3) is 0.818. The highest BCUT2D eigenvalue weighted by atomic mass is 19.4. The molecule has 1 rings (SSSR count). The third-order valence-corrected chi connectivity index (χ3v) is 2.83. The van der Waals surface area contributed by atoms with Gasteiger partial charge in [-0.05, 0) is 12.8 Å². The van der Waals surface area contributed by atoms with Gasteiger partial charge in [0.1, 0.15) is 13.2 Å². The van der Waals surface area contributed by atoms with E-state index < -0.39 is 24.6 Å². The molecule has 1 heterocycles. The number of aliphatic carboxylic acids is 1. The van der Waals surface area contributed by atoms with Gasteiger partial charge in [0.2, 0.25) is 5.91 Å². The lowest BCUT2D eigenvalue weighted by atomic mass is 10.1. The van der Waals surface area contributed by atoms with E-state index in [1.54, 1.807) is 10.2 Å². The Hall–Kier alpha value is -1.35. The van der Waals surface area contributed by atoms with Crippen molar-refractivity contribution in [3.8, 4) is 0 Å². The molecule has 20 heavy (non-hydrogen) atoms. The molecular formula is C11H17F3N2O4. The first-order chi connectivity index (χ1) is 9.26. The zero-order chi connectivity index (χ0) is 15.2. The molecule has 0 atom stereocenters. The fourth-order valence-electron chi connectivity index (χ4n) is 1.88. The Morgan fingerprint density at radius 1 is 1.30 bits per heavy atom. The number of carboxylic acids is 1. The van der Waals surface area contributed by atoms with Gasteiger partial charge in [-0.1, -0.05) is 0 Å². The van der Waals surface area contributed by atoms with E-state index in [0.29, 0.717) is 25.9 Å². The van der Waals surface area contributed by atoms with Gasteiger partial charge in [-0.25, -0.2) is 4.79 Å². The number of piperidine rings is 1. The number of carbonyl (C=O) groups excluding carboxylic acids is 1. The Bertz CT molecular complexity index is 341. The first kappa shape index (κ1) is 16.7. The van der Waals surface area contributed by atoms with Crippen molar-refractivity contribution in [1.82, 2.24) is 10.2 Å². The third kappa shape index (κ3) is 7.29. The number of carbonyl (C=O) groups is 2. The largest absolute Gasteiger partial charge is 0.480 e. The smallest absolute Gasteiger partial charge is 0.405 e. The van der Waals surface area contributed by atoms with Crippen LogP contribution in [0.25, 0.3) is 0 Å². The molecule has 0 aromatic heterocycles. The minimum atomic E-state index is -4.41. The average molecular weight is 298 g/mol. The van der Waals surface area contributed by atoms with Crippen molar-refractivity contribution < 1.29 is 32.6 Å². The van der Waals surface area contributed by atoms with Crippen LogP contribution < -0.4 is 5.32 Å². The monoisotopic (exact) mass is 298 g/mol. The molecule has 0 aliphatic carbocycles. The summed E-state index contributed by atoms with van der Waals surface area (Å²) in [6.07, 6.45) is -3.48. The SMILES string of the molecule is O=C(O)COC1CCN(CC(=O)NCC(F)(F)F)CC1. The molecule has 1 aliphatic heterocycles. The lowest BCUT2D eigenvalue weighted by molar-refractivity contribution is -0.145. The quantitative estimate of drug-likeness (QED) is 0.734. The minimum absolute atomic E-state index is 0.0955. The van der Waals surface area contributed by atoms with Gasteiger partial charge in [-0.15, -0.1) is 0 Å². The van der Waals surface area contributed by atoms with Gasteiger partial charge in [-0.2, -0.15) is 13.2 Å². The van der Waals surface area contributed by atoms with Gasteiger partial charge >= 0.3 is 12.1 Å². The second kappa shape index (κ2) is 7.44. The van der Waals surface area contributed by atoms with Crippen molar-refractivity contribution in [1.29, 1.82) is 0 Å². The van der Waals surface area contributed by atoms with Crippen molar-refractivity contribution in [3.63, 3.8) is 0 Å². The van der Waals surface area contributed by atoms with Crippen LogP contribution in [0.5, 0.6) is 0 Å². The normalized spacial score (nSPS) is 17.9. The molecule has 0 saturated carbocycles. The van der Waals surface area contributed by atoms with E-state index in [1.165, 1.54) is 0 Å². The fourth-order valence-corrected chi connectivity index (χ4v) is 1.88. The maximum absolute atomic E-state index is 11.9. The Balaban J connectivity index is 2.18. The summed E-state index contributed by atoms with van der Waals surface area (Å²) in [5, 5.41) is 10.3. The van der Waals surface area contributed by atoms with Crippen molar-refractivity contribution in [2.75, 3.05) is 32.8 Å². The molecule has 9 heteroatoms. The maximum Gasteiger partial charge on any atom is 0.405 e. The predicted octanol–water partition coefficient (Wildman–Crippen LogP) is 0.230. The highest BCUT2D eigenvalue weighted by Gasteiger charge is 2.28. The standard InChI is InChI=1S/C11H17F3N2O4/c12-11(13,14)7-15-9(17)5-16-3-1-8(2-4-16)20-6-10(18)19/h8H,1-7H2,(H,15,17)(H,18,19). The highest BCUT2D eigenvalue weighted by molar-refractivity contribution is 5.78. The summed E-state index contributed by atoms with van der Waals surface area (Å²) in [4.78, 5) is 23.3. The molecule has 1 amide bonds. The molecule has 1 aliphatic rings. The second-order valence-electron chi connectivity index (χ2n) is 4.57. The van der Waals surface area contributed by atoms with E-state index in [9.17, 15) is 22.8 Å². The number of halogens is 3. The van der Waals surface area contributed by atoms with E-state index in [4.69, 9.17) is 9.84 Å². The molecule has 0 aromatic rings. The lowest BCUT2D eigenvalue weighted by Crippen LogP contribution is -2.45. The topological polar surface area (TPSA) is 78.9 Å². The first-order valence-corrected chi connectivity index (χ1v) is 6.15. The number of ether oxygens (including phenoxy) is 1. The molecule has 1 fully saturated rings. The van der Waals surface area contributed by atoms with Gasteiger partial charge in [0.25, 0.3) is 0 Å². The molecule has 6 nitrogen and oxygen atoms in total. The number of hydrogen-bond donors (Lipinski definition) is 2. The van der Waals surface area contributed by atoms with E-state index >= 15 is 0 Å². The average Bonchev–Trinajstić information content (AvgIpc) is 2.35. The van der Waals surface area contributed by atoms with Crippen LogP contribution in [0, 0.1) is 0 Å². The van der Waals surface area contributed by atoms with Crippen LogP contribution in [0.1, 0.15) is 12.8 Å². The van der Waals surface area contributed by atoms with Crippen LogP contribution in [0.4, 0.5) is 13.2 Å². The highest BCUT2D eigenvalue weighted by Crippen LogP contribution is 2.14. The molecular weight excluding hydrogens is 281 g/mol. The van der Waals surface area contributed by atoms with E-state index in [-0.39, 0.29) is 19.3 Å². The van der Waals surface area contributed by atoms with Crippen molar-refractivity contribution in [2.45, 2.75) is 25.1 Å². The zero-order valence-electron chi connectivity index (χ0n) is 10.8. The van der Waals surface area contributed by atoms with Crippen LogP contribution in [-0.4, -0.2) is 66.9 Å². The molecule has 0 radical (unpaired) electrons. The number of alkyl halides is 3. The molecule has 0 bridgehead atoms. The Morgan fingerprint density at radius 2 is 1.90 bits per heavy atom. The van der Waals surface area contributed by atoms with Crippen molar-refractivity contribution in [2.24, 2.45) is 0 Å². The summed E-state index contributed by atoms with van der Waals surface area (Å²) in [6, 6.07) is 0. The molecule has 2 N–H and O–H groups in total. The van der Waals surface area contributed by atoms with E-state index in [0.717, 1.165) is 0 Å². The minimum Gasteiger partial charge on any atom is -0.480 e. The second-order valence-corrected chi connectivity index (χ2v) is 4.57. The molecule has 116 valence electrons. The third-order valence-electron chi connectivity index (χ3n) is 2.83. The van der Waals surface area contributed by atoms with Crippen LogP contribution in [0.3, 0.4) is 0 Å². The van der Waals surface area contributed by atoms with Gasteiger partial charge in [0.05, 0.1) is 12.6 Å². The number of carboxylic acid groups (broad SMARTS) is 1. The number of hydrogen-bond acceptors (Lipinski definition) is 4. The van der Waals surface area contributed by atoms with Crippen LogP contribution >= 0.6 is 0 Å². The van der Waals surface area contributed by atoms with Gasteiger partial charge in [0.15, 0.2) is 0 Å². The van der Waals surface area contributed by atoms with Gasteiger partial charge in [-0.3, -0.25) is 9.69 Å². The van der Waals surface area contributed by atoms with E-state index in [2.05, 4.69) is 0 Å². The summed E-state index contributed by atoms with van der Waals surface area (Å²) in [5.74, 6) is -1.72. The first-order valence-electron chi connectivity index (χ1n) is 6.15. The van der Waals surface area contributed by atoms with Crippen LogP contribution in [-0.2, 0) is 14.3 Å². The number of amides is 1. The Kier molecular flexibility index (Phi) is 6.21. The maximum atomic E-state index is 11.9. The van der Waals surface area contributed by atoms with E-state index in [1.807, 2.05) is 0 Å². The number of nitrogens with zero attached hydrogens (tertiary/aromatic N) is 1. The molecule has 0 spiro atoms. The lowest BCUT2D eigenvalue weighted by Gasteiger charge is -2.31. The summed E-state index contributed by atoms with van der Waals surface area (Å²) in [7, 11) is 0. The number of likely N-dealkylation sites (tertiary alicyclic amines) is 1. The zero-order valence-corrected chi connectivity index (χ0v) is 10.8. The summed E-state index contributed by atoms with van der Waals surface area (Å²) < 4.78 is 40.8. The van der Waals surface area contributed by atoms with Crippen molar-refractivity contribution in [3.05, 3.63) is 0 Å². The number of nitrogens with one attached hydrogen (secondary N) is 1. The summed E-state index contributed by atoms with van der Waals surface area (Å²) in [5.41, 5.74) is 0. The summed E-state index contributed by atoms with van der Waals surface area (Å²) in [6.45, 7) is -0.810. The molecule has 0 aromatic carbocycles. The Labute approximate surface area is 113 Å². The summed E-state index contributed by atoms with van der Waals surface area (Å²) >= 11 is 0. The Morgan fingerprint density at radius 3 is 2.40 bits per heavy atom. The van der Waals surface area contributed by atoms with Gasteiger partial charge < -0.3 is 15.2 Å². The van der Waals surface area contributed by atoms with Crippen LogP contribution in [0.2, 0.25) is 0 Å². The number of rotatable bonds is 6. The van der Waals surface area contributed by atoms with Gasteiger partial charge in [0, 0.05) is 13.1 Å².